The Balaban J connectivity index is 2.26. The summed E-state index contributed by atoms with van der Waals surface area (Å²) < 4.78 is 33.2. The van der Waals surface area contributed by atoms with Crippen LogP contribution in [0.3, 0.4) is 0 Å². The predicted octanol–water partition coefficient (Wildman–Crippen LogP) is 3.77. The summed E-state index contributed by atoms with van der Waals surface area (Å²) in [7, 11) is 0. The molecule has 0 amide bonds. The van der Waals surface area contributed by atoms with Gasteiger partial charge in [-0.1, -0.05) is 30.3 Å². The molecule has 0 spiro atoms. The second-order valence-corrected chi connectivity index (χ2v) is 5.07. The lowest BCUT2D eigenvalue weighted by Crippen LogP contribution is -2.20. The summed E-state index contributed by atoms with van der Waals surface area (Å²) in [5, 5.41) is 9.82. The lowest BCUT2D eigenvalue weighted by Gasteiger charge is -2.20. The second-order valence-electron chi connectivity index (χ2n) is 5.07. The van der Waals surface area contributed by atoms with Gasteiger partial charge in [0.15, 0.2) is 11.6 Å². The lowest BCUT2D eigenvalue weighted by molar-refractivity contribution is 0.0692. The molecule has 0 aliphatic heterocycles. The van der Waals surface area contributed by atoms with Crippen LogP contribution in [0.25, 0.3) is 0 Å². The fraction of sp³-hybridized carbons (Fsp3) is 0.250. The largest absolute Gasteiger partial charge is 0.486 e. The van der Waals surface area contributed by atoms with E-state index in [1.54, 1.807) is 0 Å². The second kappa shape index (κ2) is 5.59. The van der Waals surface area contributed by atoms with Gasteiger partial charge in [-0.2, -0.15) is 0 Å². The summed E-state index contributed by atoms with van der Waals surface area (Å²) in [4.78, 5) is 0. The van der Waals surface area contributed by atoms with Crippen molar-refractivity contribution in [2.75, 3.05) is 0 Å². The fourth-order valence-electron chi connectivity index (χ4n) is 1.94. The molecule has 0 aliphatic rings. The van der Waals surface area contributed by atoms with E-state index in [1.165, 1.54) is 19.9 Å². The first-order valence-electron chi connectivity index (χ1n) is 6.27. The summed E-state index contributed by atoms with van der Waals surface area (Å²) in [6.07, 6.45) is 0. The van der Waals surface area contributed by atoms with Crippen LogP contribution in [0.1, 0.15) is 25.0 Å². The Morgan fingerprint density at radius 1 is 1.05 bits per heavy atom. The highest BCUT2D eigenvalue weighted by Crippen LogP contribution is 2.31. The highest BCUT2D eigenvalue weighted by Gasteiger charge is 2.27. The van der Waals surface area contributed by atoms with Crippen molar-refractivity contribution in [2.45, 2.75) is 26.1 Å². The molecular weight excluding hydrogens is 262 g/mol. The van der Waals surface area contributed by atoms with Crippen molar-refractivity contribution < 1.29 is 18.6 Å². The minimum Gasteiger partial charge on any atom is -0.486 e. The van der Waals surface area contributed by atoms with Crippen LogP contribution in [0.5, 0.6) is 5.75 Å². The molecule has 0 saturated heterocycles. The Labute approximate surface area is 116 Å². The number of rotatable bonds is 4. The minimum absolute atomic E-state index is 0.0765. The van der Waals surface area contributed by atoms with Gasteiger partial charge < -0.3 is 9.84 Å². The number of halogens is 2. The van der Waals surface area contributed by atoms with E-state index in [2.05, 4.69) is 0 Å². The molecule has 0 bridgehead atoms. The van der Waals surface area contributed by atoms with Crippen molar-refractivity contribution >= 4 is 0 Å². The summed E-state index contributed by atoms with van der Waals surface area (Å²) in [6, 6.07) is 11.6. The topological polar surface area (TPSA) is 29.5 Å². The molecular formula is C16H16F2O2. The molecule has 0 fully saturated rings. The SMILES string of the molecule is CC(C)(O)c1c(F)ccc(OCc2ccccc2)c1F. The maximum absolute atomic E-state index is 14.2. The third-order valence-corrected chi connectivity index (χ3v) is 2.90. The molecule has 106 valence electrons. The Morgan fingerprint density at radius 3 is 2.30 bits per heavy atom. The van der Waals surface area contributed by atoms with Crippen LogP contribution in [0.4, 0.5) is 8.78 Å². The molecule has 0 aromatic heterocycles. The zero-order valence-corrected chi connectivity index (χ0v) is 11.4. The summed E-state index contributed by atoms with van der Waals surface area (Å²) in [5.41, 5.74) is -1.12. The molecule has 2 rings (SSSR count). The lowest BCUT2D eigenvalue weighted by atomic mass is 9.97. The van der Waals surface area contributed by atoms with Crippen LogP contribution in [-0.4, -0.2) is 5.11 Å². The molecule has 0 saturated carbocycles. The molecule has 0 aliphatic carbocycles. The van der Waals surface area contributed by atoms with Gasteiger partial charge in [0.1, 0.15) is 12.4 Å². The van der Waals surface area contributed by atoms with Gasteiger partial charge >= 0.3 is 0 Å². The first kappa shape index (κ1) is 14.5. The molecule has 0 unspecified atom stereocenters. The van der Waals surface area contributed by atoms with E-state index in [1.807, 2.05) is 30.3 Å². The molecule has 2 nitrogen and oxygen atoms in total. The van der Waals surface area contributed by atoms with E-state index < -0.39 is 17.2 Å². The van der Waals surface area contributed by atoms with E-state index in [9.17, 15) is 13.9 Å². The van der Waals surface area contributed by atoms with Gasteiger partial charge in [-0.3, -0.25) is 0 Å². The van der Waals surface area contributed by atoms with Gasteiger partial charge in [-0.25, -0.2) is 8.78 Å². The van der Waals surface area contributed by atoms with Gasteiger partial charge in [-0.15, -0.1) is 0 Å². The third-order valence-electron chi connectivity index (χ3n) is 2.90. The Morgan fingerprint density at radius 2 is 1.70 bits per heavy atom. The maximum atomic E-state index is 14.2. The van der Waals surface area contributed by atoms with E-state index in [0.717, 1.165) is 11.6 Å². The number of benzene rings is 2. The van der Waals surface area contributed by atoms with E-state index in [4.69, 9.17) is 4.74 Å². The maximum Gasteiger partial charge on any atom is 0.174 e. The Hall–Kier alpha value is -1.94. The van der Waals surface area contributed by atoms with Gasteiger partial charge in [0.2, 0.25) is 0 Å². The van der Waals surface area contributed by atoms with Gasteiger partial charge in [0, 0.05) is 0 Å². The molecule has 4 heteroatoms. The Bertz CT molecular complexity index is 589. The third kappa shape index (κ3) is 3.14. The van der Waals surface area contributed by atoms with Crippen LogP contribution < -0.4 is 4.74 Å². The minimum atomic E-state index is -1.61. The van der Waals surface area contributed by atoms with Gasteiger partial charge in [0.25, 0.3) is 0 Å². The summed E-state index contributed by atoms with van der Waals surface area (Å²) >= 11 is 0. The summed E-state index contributed by atoms with van der Waals surface area (Å²) in [5.74, 6) is -1.73. The van der Waals surface area contributed by atoms with E-state index in [-0.39, 0.29) is 17.9 Å². The van der Waals surface area contributed by atoms with Gasteiger partial charge in [-0.05, 0) is 31.5 Å². The van der Waals surface area contributed by atoms with Crippen molar-refractivity contribution in [1.29, 1.82) is 0 Å². The summed E-state index contributed by atoms with van der Waals surface area (Å²) in [6.45, 7) is 2.83. The standard InChI is InChI=1S/C16H16F2O2/c1-16(2,19)14-12(17)8-9-13(15(14)18)20-10-11-6-4-3-5-7-11/h3-9,19H,10H2,1-2H3. The smallest absolute Gasteiger partial charge is 0.174 e. The van der Waals surface area contributed by atoms with Crippen molar-refractivity contribution in [3.05, 3.63) is 65.2 Å². The fourth-order valence-corrected chi connectivity index (χ4v) is 1.94. The number of hydrogen-bond acceptors (Lipinski definition) is 2. The molecule has 1 N–H and O–H groups in total. The first-order chi connectivity index (χ1) is 9.39. The van der Waals surface area contributed by atoms with Crippen molar-refractivity contribution in [2.24, 2.45) is 0 Å². The molecule has 0 heterocycles. The Kier molecular flexibility index (Phi) is 4.04. The molecule has 2 aromatic carbocycles. The highest BCUT2D eigenvalue weighted by molar-refractivity contribution is 5.35. The van der Waals surface area contributed by atoms with E-state index in [0.29, 0.717) is 0 Å². The molecule has 20 heavy (non-hydrogen) atoms. The zero-order valence-electron chi connectivity index (χ0n) is 11.4. The molecule has 2 aromatic rings. The highest BCUT2D eigenvalue weighted by atomic mass is 19.1. The normalized spacial score (nSPS) is 11.4. The predicted molar refractivity (Wildman–Crippen MR) is 72.4 cm³/mol. The van der Waals surface area contributed by atoms with Crippen LogP contribution in [0, 0.1) is 11.6 Å². The monoisotopic (exact) mass is 278 g/mol. The first-order valence-corrected chi connectivity index (χ1v) is 6.27. The quantitative estimate of drug-likeness (QED) is 0.922. The van der Waals surface area contributed by atoms with Crippen molar-refractivity contribution in [3.8, 4) is 5.75 Å². The van der Waals surface area contributed by atoms with Gasteiger partial charge in [0.05, 0.1) is 11.2 Å². The van der Waals surface area contributed by atoms with Crippen LogP contribution in [0.15, 0.2) is 42.5 Å². The number of hydrogen-bond donors (Lipinski definition) is 1. The number of aliphatic hydroxyl groups is 1. The molecule has 0 radical (unpaired) electrons. The average molecular weight is 278 g/mol. The van der Waals surface area contributed by atoms with Crippen molar-refractivity contribution in [3.63, 3.8) is 0 Å². The van der Waals surface area contributed by atoms with Crippen LogP contribution in [-0.2, 0) is 12.2 Å². The zero-order chi connectivity index (χ0) is 14.8. The number of ether oxygens (including phenoxy) is 1. The van der Waals surface area contributed by atoms with Crippen LogP contribution in [0.2, 0.25) is 0 Å². The average Bonchev–Trinajstić information content (AvgIpc) is 2.37. The van der Waals surface area contributed by atoms with Crippen LogP contribution >= 0.6 is 0 Å². The molecule has 0 atom stereocenters. The van der Waals surface area contributed by atoms with Crippen molar-refractivity contribution in [1.82, 2.24) is 0 Å². The van der Waals surface area contributed by atoms with E-state index >= 15 is 0 Å².